The molecule has 1 N–H and O–H groups in total. The van der Waals surface area contributed by atoms with E-state index in [4.69, 9.17) is 14.0 Å². The summed E-state index contributed by atoms with van der Waals surface area (Å²) in [5.74, 6) is -0.985. The summed E-state index contributed by atoms with van der Waals surface area (Å²) in [4.78, 5) is 36.3. The number of carbonyl (C=O) groups is 3. The van der Waals surface area contributed by atoms with Gasteiger partial charge in [0.1, 0.15) is 23.7 Å². The smallest absolute Gasteiger partial charge is 0.342 e. The second kappa shape index (κ2) is 10.2. The maximum absolute atomic E-state index is 12.4. The minimum absolute atomic E-state index is 0.0545. The van der Waals surface area contributed by atoms with E-state index < -0.39 is 24.4 Å². The Labute approximate surface area is 179 Å². The summed E-state index contributed by atoms with van der Waals surface area (Å²) >= 11 is 0. The molecule has 0 unspecified atom stereocenters. The van der Waals surface area contributed by atoms with Crippen LogP contribution in [0.4, 0.5) is 0 Å². The highest BCUT2D eigenvalue weighted by Crippen LogP contribution is 2.22. The topological polar surface area (TPSA) is 108 Å². The molecule has 31 heavy (non-hydrogen) atoms. The van der Waals surface area contributed by atoms with Crippen LogP contribution in [0.5, 0.6) is 5.75 Å². The van der Waals surface area contributed by atoms with Crippen molar-refractivity contribution in [3.63, 3.8) is 0 Å². The van der Waals surface area contributed by atoms with E-state index >= 15 is 0 Å². The summed E-state index contributed by atoms with van der Waals surface area (Å²) < 4.78 is 15.9. The number of imide groups is 1. The number of nitrogens with one attached hydrogen (secondary N) is 1. The first-order chi connectivity index (χ1) is 14.9. The van der Waals surface area contributed by atoms with Gasteiger partial charge in [-0.1, -0.05) is 47.6 Å². The quantitative estimate of drug-likeness (QED) is 0.556. The Bertz CT molecular complexity index is 1060. The molecule has 0 aliphatic carbocycles. The molecule has 1 heterocycles. The maximum Gasteiger partial charge on any atom is 0.342 e. The molecule has 2 amide bonds. The van der Waals surface area contributed by atoms with Gasteiger partial charge in [-0.15, -0.1) is 0 Å². The lowest BCUT2D eigenvalue weighted by Crippen LogP contribution is -2.35. The molecule has 2 aromatic carbocycles. The minimum atomic E-state index is -0.736. The molecule has 0 spiro atoms. The summed E-state index contributed by atoms with van der Waals surface area (Å²) in [6, 6.07) is 15.5. The van der Waals surface area contributed by atoms with Gasteiger partial charge in [-0.05, 0) is 31.5 Å². The fourth-order valence-corrected chi connectivity index (χ4v) is 2.84. The first-order valence-electron chi connectivity index (χ1n) is 9.61. The molecule has 0 aliphatic rings. The zero-order valence-electron chi connectivity index (χ0n) is 17.2. The number of para-hydroxylation sites is 1. The van der Waals surface area contributed by atoms with Crippen LogP contribution in [-0.4, -0.2) is 29.5 Å². The molecule has 3 rings (SSSR count). The van der Waals surface area contributed by atoms with Crippen molar-refractivity contribution >= 4 is 17.8 Å². The highest BCUT2D eigenvalue weighted by molar-refractivity contribution is 5.98. The molecular formula is C23H22N2O6. The van der Waals surface area contributed by atoms with Crippen LogP contribution in [0, 0.1) is 13.8 Å². The molecule has 1 aromatic heterocycles. The molecule has 0 aliphatic heterocycles. The lowest BCUT2D eigenvalue weighted by molar-refractivity contribution is -0.132. The van der Waals surface area contributed by atoms with Gasteiger partial charge in [0, 0.05) is 0 Å². The molecule has 0 saturated heterocycles. The third-order valence-electron chi connectivity index (χ3n) is 4.48. The van der Waals surface area contributed by atoms with E-state index in [-0.39, 0.29) is 18.6 Å². The van der Waals surface area contributed by atoms with Crippen molar-refractivity contribution in [2.24, 2.45) is 0 Å². The zero-order chi connectivity index (χ0) is 22.2. The summed E-state index contributed by atoms with van der Waals surface area (Å²) in [6.45, 7) is 3.15. The predicted octanol–water partition coefficient (Wildman–Crippen LogP) is 2.91. The molecule has 0 atom stereocenters. The summed E-state index contributed by atoms with van der Waals surface area (Å²) in [5.41, 5.74) is 2.43. The largest absolute Gasteiger partial charge is 0.488 e. The highest BCUT2D eigenvalue weighted by Gasteiger charge is 2.18. The van der Waals surface area contributed by atoms with E-state index in [9.17, 15) is 14.4 Å². The standard InChI is InChI=1S/C23H22N2O6/c1-15-19(16(2)31-25-15)13-29-20-11-7-6-10-18(20)23(28)30-14-22(27)24-21(26)12-17-8-4-3-5-9-17/h3-11H,12-14H2,1-2H3,(H,24,26,27). The van der Waals surface area contributed by atoms with E-state index in [2.05, 4.69) is 10.5 Å². The van der Waals surface area contributed by atoms with Crippen LogP contribution in [0.15, 0.2) is 59.1 Å². The molecule has 160 valence electrons. The number of aromatic nitrogens is 1. The number of amides is 2. The number of esters is 1. The lowest BCUT2D eigenvalue weighted by atomic mass is 10.1. The SMILES string of the molecule is Cc1noc(C)c1COc1ccccc1C(=O)OCC(=O)NC(=O)Cc1ccccc1. The normalized spacial score (nSPS) is 10.4. The molecule has 8 heteroatoms. The van der Waals surface area contributed by atoms with Crippen molar-refractivity contribution in [3.8, 4) is 5.75 Å². The molecule has 3 aromatic rings. The molecule has 8 nitrogen and oxygen atoms in total. The monoisotopic (exact) mass is 422 g/mol. The van der Waals surface area contributed by atoms with Crippen LogP contribution in [0.3, 0.4) is 0 Å². The van der Waals surface area contributed by atoms with Crippen LogP contribution in [0.1, 0.15) is 32.9 Å². The fraction of sp³-hybridized carbons (Fsp3) is 0.217. The lowest BCUT2D eigenvalue weighted by Gasteiger charge is -2.11. The molecular weight excluding hydrogens is 400 g/mol. The van der Waals surface area contributed by atoms with Gasteiger partial charge in [-0.2, -0.15) is 0 Å². The number of rotatable bonds is 8. The van der Waals surface area contributed by atoms with E-state index in [0.29, 0.717) is 17.2 Å². The van der Waals surface area contributed by atoms with Gasteiger partial charge in [-0.3, -0.25) is 14.9 Å². The average Bonchev–Trinajstić information content (AvgIpc) is 3.08. The van der Waals surface area contributed by atoms with Gasteiger partial charge >= 0.3 is 5.97 Å². The number of benzene rings is 2. The van der Waals surface area contributed by atoms with Gasteiger partial charge in [0.15, 0.2) is 6.61 Å². The van der Waals surface area contributed by atoms with Gasteiger partial charge in [0.05, 0.1) is 17.7 Å². The van der Waals surface area contributed by atoms with Crippen molar-refractivity contribution < 1.29 is 28.4 Å². The van der Waals surface area contributed by atoms with E-state index in [1.165, 1.54) is 6.07 Å². The Morgan fingerprint density at radius 2 is 1.68 bits per heavy atom. The number of nitrogens with zero attached hydrogens (tertiary/aromatic N) is 1. The molecule has 0 bridgehead atoms. The summed E-state index contributed by atoms with van der Waals surface area (Å²) in [7, 11) is 0. The van der Waals surface area contributed by atoms with E-state index in [0.717, 1.165) is 11.1 Å². The first kappa shape index (κ1) is 21.8. The third kappa shape index (κ3) is 6.02. The van der Waals surface area contributed by atoms with Crippen LogP contribution in [-0.2, 0) is 27.4 Å². The van der Waals surface area contributed by atoms with Gasteiger partial charge < -0.3 is 14.0 Å². The van der Waals surface area contributed by atoms with Crippen molar-refractivity contribution in [2.75, 3.05) is 6.61 Å². The van der Waals surface area contributed by atoms with Crippen LogP contribution in [0.2, 0.25) is 0 Å². The van der Waals surface area contributed by atoms with E-state index in [1.807, 2.05) is 6.07 Å². The second-order valence-electron chi connectivity index (χ2n) is 6.80. The summed E-state index contributed by atoms with van der Waals surface area (Å²) in [5, 5.41) is 6.07. The number of carbonyl (C=O) groups excluding carboxylic acids is 3. The number of hydrogen-bond donors (Lipinski definition) is 1. The molecule has 0 saturated carbocycles. The average molecular weight is 422 g/mol. The Kier molecular flexibility index (Phi) is 7.16. The first-order valence-corrected chi connectivity index (χ1v) is 9.61. The van der Waals surface area contributed by atoms with Crippen LogP contribution in [0.25, 0.3) is 0 Å². The van der Waals surface area contributed by atoms with Crippen molar-refractivity contribution in [1.29, 1.82) is 0 Å². The van der Waals surface area contributed by atoms with Crippen LogP contribution < -0.4 is 10.1 Å². The van der Waals surface area contributed by atoms with Crippen molar-refractivity contribution in [3.05, 3.63) is 82.7 Å². The number of hydrogen-bond acceptors (Lipinski definition) is 7. The minimum Gasteiger partial charge on any atom is -0.488 e. The molecule has 0 fully saturated rings. The Morgan fingerprint density at radius 1 is 0.968 bits per heavy atom. The number of aryl methyl sites for hydroxylation is 2. The zero-order valence-corrected chi connectivity index (χ0v) is 17.2. The van der Waals surface area contributed by atoms with Crippen molar-refractivity contribution in [2.45, 2.75) is 26.9 Å². The fourth-order valence-electron chi connectivity index (χ4n) is 2.84. The molecule has 0 radical (unpaired) electrons. The van der Waals surface area contributed by atoms with Crippen molar-refractivity contribution in [1.82, 2.24) is 10.5 Å². The Balaban J connectivity index is 1.53. The predicted molar refractivity (Wildman–Crippen MR) is 110 cm³/mol. The maximum atomic E-state index is 12.4. The Hall–Kier alpha value is -3.94. The van der Waals surface area contributed by atoms with Crippen LogP contribution >= 0.6 is 0 Å². The van der Waals surface area contributed by atoms with Gasteiger partial charge in [0.25, 0.3) is 5.91 Å². The Morgan fingerprint density at radius 3 is 2.39 bits per heavy atom. The third-order valence-corrected chi connectivity index (χ3v) is 4.48. The van der Waals surface area contributed by atoms with Gasteiger partial charge in [-0.25, -0.2) is 4.79 Å². The second-order valence-corrected chi connectivity index (χ2v) is 6.80. The van der Waals surface area contributed by atoms with E-state index in [1.54, 1.807) is 56.3 Å². The number of ether oxygens (including phenoxy) is 2. The summed E-state index contributed by atoms with van der Waals surface area (Å²) in [6.07, 6.45) is 0.0545. The van der Waals surface area contributed by atoms with Gasteiger partial charge in [0.2, 0.25) is 5.91 Å². The highest BCUT2D eigenvalue weighted by atomic mass is 16.5.